The fourth-order valence-electron chi connectivity index (χ4n) is 3.20. The second-order valence-electron chi connectivity index (χ2n) is 5.31. The third-order valence-electron chi connectivity index (χ3n) is 3.91. The molecular formula is C14H19ClN2. The maximum atomic E-state index is 6.01. The molecule has 17 heavy (non-hydrogen) atoms. The van der Waals surface area contributed by atoms with Crippen molar-refractivity contribution in [2.45, 2.75) is 50.2 Å². The van der Waals surface area contributed by atoms with Gasteiger partial charge in [0.25, 0.3) is 0 Å². The van der Waals surface area contributed by atoms with E-state index >= 15 is 0 Å². The Bertz CT molecular complexity index is 382. The van der Waals surface area contributed by atoms with Crippen molar-refractivity contribution in [2.24, 2.45) is 0 Å². The predicted molar refractivity (Wildman–Crippen MR) is 72.7 cm³/mol. The fourth-order valence-corrected chi connectivity index (χ4v) is 3.39. The van der Waals surface area contributed by atoms with Crippen molar-refractivity contribution >= 4 is 17.3 Å². The van der Waals surface area contributed by atoms with Crippen LogP contribution >= 0.6 is 11.6 Å². The molecule has 2 N–H and O–H groups in total. The number of hydrogen-bond donors (Lipinski definition) is 2. The van der Waals surface area contributed by atoms with Crippen molar-refractivity contribution in [3.63, 3.8) is 0 Å². The van der Waals surface area contributed by atoms with Crippen LogP contribution in [0, 0.1) is 0 Å². The van der Waals surface area contributed by atoms with E-state index in [-0.39, 0.29) is 0 Å². The smallest absolute Gasteiger partial charge is 0.0426 e. The van der Waals surface area contributed by atoms with E-state index in [1.807, 2.05) is 18.2 Å². The number of halogens is 1. The Morgan fingerprint density at radius 1 is 1.18 bits per heavy atom. The number of piperidine rings is 2. The molecule has 2 unspecified atom stereocenters. The van der Waals surface area contributed by atoms with Crippen molar-refractivity contribution in [1.29, 1.82) is 0 Å². The lowest BCUT2D eigenvalue weighted by molar-refractivity contribution is 0.230. The topological polar surface area (TPSA) is 24.1 Å². The summed E-state index contributed by atoms with van der Waals surface area (Å²) in [6.45, 7) is 0. The molecule has 0 amide bonds. The van der Waals surface area contributed by atoms with Crippen molar-refractivity contribution in [1.82, 2.24) is 5.32 Å². The van der Waals surface area contributed by atoms with E-state index in [1.165, 1.54) is 32.1 Å². The summed E-state index contributed by atoms with van der Waals surface area (Å²) >= 11 is 6.01. The molecule has 2 aliphatic heterocycles. The third kappa shape index (κ3) is 2.75. The molecule has 2 bridgehead atoms. The van der Waals surface area contributed by atoms with Crippen molar-refractivity contribution in [2.75, 3.05) is 5.32 Å². The average Bonchev–Trinajstić information content (AvgIpc) is 2.28. The van der Waals surface area contributed by atoms with Gasteiger partial charge in [-0.25, -0.2) is 0 Å². The molecule has 1 aromatic carbocycles. The van der Waals surface area contributed by atoms with Crippen LogP contribution in [0.15, 0.2) is 24.3 Å². The van der Waals surface area contributed by atoms with Gasteiger partial charge in [0, 0.05) is 28.8 Å². The zero-order chi connectivity index (χ0) is 11.7. The normalized spacial score (nSPS) is 32.2. The number of rotatable bonds is 2. The van der Waals surface area contributed by atoms with Crippen LogP contribution in [0.4, 0.5) is 5.69 Å². The van der Waals surface area contributed by atoms with Gasteiger partial charge in [-0.15, -0.1) is 0 Å². The number of hydrogen-bond acceptors (Lipinski definition) is 2. The molecule has 2 fully saturated rings. The summed E-state index contributed by atoms with van der Waals surface area (Å²) in [4.78, 5) is 0. The second-order valence-corrected chi connectivity index (χ2v) is 5.75. The summed E-state index contributed by atoms with van der Waals surface area (Å²) in [5.41, 5.74) is 1.16. The molecular weight excluding hydrogens is 232 g/mol. The Balaban J connectivity index is 1.65. The zero-order valence-electron chi connectivity index (χ0n) is 9.95. The summed E-state index contributed by atoms with van der Waals surface area (Å²) in [6.07, 6.45) is 6.55. The van der Waals surface area contributed by atoms with Gasteiger partial charge in [-0.1, -0.05) is 24.1 Å². The molecule has 2 saturated heterocycles. The van der Waals surface area contributed by atoms with E-state index in [9.17, 15) is 0 Å². The van der Waals surface area contributed by atoms with E-state index in [0.717, 1.165) is 22.8 Å². The molecule has 2 aliphatic rings. The van der Waals surface area contributed by atoms with Crippen LogP contribution in [0.2, 0.25) is 5.02 Å². The standard InChI is InChI=1S/C14H19ClN2/c15-10-3-1-4-11(7-10)17-14-8-12-5-2-6-13(9-14)16-12/h1,3-4,7,12-14,16-17H,2,5-6,8-9H2. The minimum Gasteiger partial charge on any atom is -0.382 e. The minimum atomic E-state index is 0.602. The first-order valence-electron chi connectivity index (χ1n) is 6.58. The van der Waals surface area contributed by atoms with Gasteiger partial charge in [-0.3, -0.25) is 0 Å². The van der Waals surface area contributed by atoms with Crippen LogP contribution < -0.4 is 10.6 Å². The summed E-state index contributed by atoms with van der Waals surface area (Å²) in [7, 11) is 0. The molecule has 2 heterocycles. The lowest BCUT2D eigenvalue weighted by Crippen LogP contribution is -2.51. The van der Waals surface area contributed by atoms with Gasteiger partial charge in [0.1, 0.15) is 0 Å². The van der Waals surface area contributed by atoms with E-state index in [0.29, 0.717) is 6.04 Å². The van der Waals surface area contributed by atoms with Crippen molar-refractivity contribution in [3.8, 4) is 0 Å². The van der Waals surface area contributed by atoms with Gasteiger partial charge in [0.15, 0.2) is 0 Å². The molecule has 0 saturated carbocycles. The highest BCUT2D eigenvalue weighted by Gasteiger charge is 2.30. The monoisotopic (exact) mass is 250 g/mol. The molecule has 2 nitrogen and oxygen atoms in total. The zero-order valence-corrected chi connectivity index (χ0v) is 10.7. The van der Waals surface area contributed by atoms with Crippen LogP contribution in [0.1, 0.15) is 32.1 Å². The summed E-state index contributed by atoms with van der Waals surface area (Å²) < 4.78 is 0. The summed E-state index contributed by atoms with van der Waals surface area (Å²) in [5, 5.41) is 8.15. The van der Waals surface area contributed by atoms with Crippen LogP contribution in [0.25, 0.3) is 0 Å². The molecule has 0 aromatic heterocycles. The number of nitrogens with one attached hydrogen (secondary N) is 2. The highest BCUT2D eigenvalue weighted by Crippen LogP contribution is 2.28. The van der Waals surface area contributed by atoms with Crippen LogP contribution in [0.5, 0.6) is 0 Å². The molecule has 0 radical (unpaired) electrons. The maximum Gasteiger partial charge on any atom is 0.0426 e. The van der Waals surface area contributed by atoms with E-state index < -0.39 is 0 Å². The van der Waals surface area contributed by atoms with E-state index in [4.69, 9.17) is 11.6 Å². The first-order chi connectivity index (χ1) is 8.29. The van der Waals surface area contributed by atoms with Crippen molar-refractivity contribution in [3.05, 3.63) is 29.3 Å². The largest absolute Gasteiger partial charge is 0.382 e. The Labute approximate surface area is 108 Å². The van der Waals surface area contributed by atoms with Gasteiger partial charge in [0.2, 0.25) is 0 Å². The maximum absolute atomic E-state index is 6.01. The quantitative estimate of drug-likeness (QED) is 0.841. The number of benzene rings is 1. The Morgan fingerprint density at radius 2 is 1.94 bits per heavy atom. The molecule has 92 valence electrons. The highest BCUT2D eigenvalue weighted by molar-refractivity contribution is 6.30. The van der Waals surface area contributed by atoms with Gasteiger partial charge in [0.05, 0.1) is 0 Å². The van der Waals surface area contributed by atoms with Crippen molar-refractivity contribution < 1.29 is 0 Å². The predicted octanol–water partition coefficient (Wildman–Crippen LogP) is 3.43. The Morgan fingerprint density at radius 3 is 2.65 bits per heavy atom. The van der Waals surface area contributed by atoms with Gasteiger partial charge >= 0.3 is 0 Å². The minimum absolute atomic E-state index is 0.602. The van der Waals surface area contributed by atoms with Gasteiger partial charge in [-0.2, -0.15) is 0 Å². The van der Waals surface area contributed by atoms with Crippen LogP contribution in [-0.2, 0) is 0 Å². The Kier molecular flexibility index (Phi) is 3.26. The SMILES string of the molecule is Clc1cccc(NC2CC3CCCC(C2)N3)c1. The van der Waals surface area contributed by atoms with Gasteiger partial charge in [-0.05, 0) is 43.9 Å². The lowest BCUT2D eigenvalue weighted by atomic mass is 9.84. The molecule has 0 spiro atoms. The lowest BCUT2D eigenvalue weighted by Gasteiger charge is -2.40. The molecule has 3 heteroatoms. The number of fused-ring (bicyclic) bond motifs is 2. The molecule has 3 rings (SSSR count). The average molecular weight is 251 g/mol. The van der Waals surface area contributed by atoms with Crippen LogP contribution in [0.3, 0.4) is 0 Å². The molecule has 2 atom stereocenters. The Hall–Kier alpha value is -0.730. The summed E-state index contributed by atoms with van der Waals surface area (Å²) in [5.74, 6) is 0. The first kappa shape index (κ1) is 11.4. The van der Waals surface area contributed by atoms with Crippen LogP contribution in [-0.4, -0.2) is 18.1 Å². The van der Waals surface area contributed by atoms with Gasteiger partial charge < -0.3 is 10.6 Å². The second kappa shape index (κ2) is 4.87. The fraction of sp³-hybridized carbons (Fsp3) is 0.571. The highest BCUT2D eigenvalue weighted by atomic mass is 35.5. The number of anilines is 1. The van der Waals surface area contributed by atoms with E-state index in [1.54, 1.807) is 0 Å². The first-order valence-corrected chi connectivity index (χ1v) is 6.95. The van der Waals surface area contributed by atoms with E-state index in [2.05, 4.69) is 16.7 Å². The summed E-state index contributed by atoms with van der Waals surface area (Å²) in [6, 6.07) is 10.1. The molecule has 1 aromatic rings. The third-order valence-corrected chi connectivity index (χ3v) is 4.15. The molecule has 0 aliphatic carbocycles.